The highest BCUT2D eigenvalue weighted by molar-refractivity contribution is 6.10. The molecule has 1 saturated heterocycles. The van der Waals surface area contributed by atoms with Crippen molar-refractivity contribution in [2.75, 3.05) is 36.5 Å². The number of para-hydroxylation sites is 1. The van der Waals surface area contributed by atoms with Gasteiger partial charge in [-0.15, -0.1) is 0 Å². The summed E-state index contributed by atoms with van der Waals surface area (Å²) in [6.45, 7) is 2.73. The number of rotatable bonds is 3. The van der Waals surface area contributed by atoms with Gasteiger partial charge < -0.3 is 15.0 Å². The molecular weight excluding hydrogens is 318 g/mol. The van der Waals surface area contributed by atoms with E-state index >= 15 is 0 Å². The number of hydrogen-bond acceptors (Lipinski definition) is 5. The van der Waals surface area contributed by atoms with Gasteiger partial charge in [0, 0.05) is 31.7 Å². The van der Waals surface area contributed by atoms with Crippen LogP contribution in [0, 0.1) is 0 Å². The van der Waals surface area contributed by atoms with E-state index in [2.05, 4.69) is 20.3 Å². The molecule has 128 valence electrons. The number of carbonyl (C=O) groups is 1. The summed E-state index contributed by atoms with van der Waals surface area (Å²) in [6.07, 6.45) is 1.71. The SMILES string of the molecule is Cn1nc(NC(=O)c2cccnc2N2CCOCC2)c2ccccc21. The predicted octanol–water partition coefficient (Wildman–Crippen LogP) is 2.06. The van der Waals surface area contributed by atoms with E-state index in [0.717, 1.165) is 24.0 Å². The Morgan fingerprint density at radius 3 is 2.80 bits per heavy atom. The zero-order valence-electron chi connectivity index (χ0n) is 14.0. The van der Waals surface area contributed by atoms with Crippen molar-refractivity contribution >= 4 is 28.4 Å². The van der Waals surface area contributed by atoms with Crippen molar-refractivity contribution in [2.45, 2.75) is 0 Å². The molecule has 2 aromatic heterocycles. The summed E-state index contributed by atoms with van der Waals surface area (Å²) in [5.41, 5.74) is 1.51. The molecule has 1 aliphatic heterocycles. The molecule has 0 bridgehead atoms. The van der Waals surface area contributed by atoms with Gasteiger partial charge in [0.25, 0.3) is 5.91 Å². The lowest BCUT2D eigenvalue weighted by molar-refractivity contribution is 0.102. The van der Waals surface area contributed by atoms with Crippen LogP contribution in [0.3, 0.4) is 0 Å². The monoisotopic (exact) mass is 337 g/mol. The second-order valence-electron chi connectivity index (χ2n) is 5.92. The van der Waals surface area contributed by atoms with Crippen molar-refractivity contribution in [1.82, 2.24) is 14.8 Å². The number of aromatic nitrogens is 3. The standard InChI is InChI=1S/C18H19N5O2/c1-22-15-7-3-2-5-13(15)16(21-22)20-18(24)14-6-4-8-19-17(14)23-9-11-25-12-10-23/h2-8H,9-12H2,1H3,(H,20,21,24). The number of amides is 1. The van der Waals surface area contributed by atoms with Crippen molar-refractivity contribution in [1.29, 1.82) is 0 Å². The highest BCUT2D eigenvalue weighted by Crippen LogP contribution is 2.24. The van der Waals surface area contributed by atoms with Crippen LogP contribution in [-0.2, 0) is 11.8 Å². The molecule has 3 aromatic rings. The quantitative estimate of drug-likeness (QED) is 0.792. The Hall–Kier alpha value is -2.93. The molecule has 7 nitrogen and oxygen atoms in total. The first-order chi connectivity index (χ1) is 12.2. The molecule has 4 rings (SSSR count). The van der Waals surface area contributed by atoms with Gasteiger partial charge in [0.1, 0.15) is 5.82 Å². The number of pyridine rings is 1. The van der Waals surface area contributed by atoms with Crippen LogP contribution >= 0.6 is 0 Å². The van der Waals surface area contributed by atoms with Crippen molar-refractivity contribution in [3.05, 3.63) is 48.2 Å². The first-order valence-corrected chi connectivity index (χ1v) is 8.25. The molecule has 0 spiro atoms. The van der Waals surface area contributed by atoms with Gasteiger partial charge in [0.2, 0.25) is 0 Å². The summed E-state index contributed by atoms with van der Waals surface area (Å²) in [4.78, 5) is 19.4. The Labute approximate surface area is 145 Å². The number of nitrogens with zero attached hydrogens (tertiary/aromatic N) is 4. The maximum atomic E-state index is 12.9. The lowest BCUT2D eigenvalue weighted by Gasteiger charge is -2.29. The third-order valence-corrected chi connectivity index (χ3v) is 4.33. The topological polar surface area (TPSA) is 72.3 Å². The number of morpholine rings is 1. The van der Waals surface area contributed by atoms with Crippen molar-refractivity contribution < 1.29 is 9.53 Å². The van der Waals surface area contributed by atoms with Crippen LogP contribution in [0.4, 0.5) is 11.6 Å². The fraction of sp³-hybridized carbons (Fsp3) is 0.278. The Morgan fingerprint density at radius 2 is 1.96 bits per heavy atom. The lowest BCUT2D eigenvalue weighted by Crippen LogP contribution is -2.38. The molecular formula is C18H19N5O2. The number of nitrogens with one attached hydrogen (secondary N) is 1. The van der Waals surface area contributed by atoms with Gasteiger partial charge in [0.05, 0.1) is 24.3 Å². The number of benzene rings is 1. The van der Waals surface area contributed by atoms with E-state index in [1.54, 1.807) is 23.0 Å². The number of ether oxygens (including phenoxy) is 1. The molecule has 25 heavy (non-hydrogen) atoms. The summed E-state index contributed by atoms with van der Waals surface area (Å²) >= 11 is 0. The number of anilines is 2. The van der Waals surface area contributed by atoms with Gasteiger partial charge in [-0.2, -0.15) is 5.10 Å². The van der Waals surface area contributed by atoms with Gasteiger partial charge >= 0.3 is 0 Å². The van der Waals surface area contributed by atoms with Crippen molar-refractivity contribution in [2.24, 2.45) is 7.05 Å². The number of hydrogen-bond donors (Lipinski definition) is 1. The van der Waals surface area contributed by atoms with Gasteiger partial charge in [-0.3, -0.25) is 9.48 Å². The van der Waals surface area contributed by atoms with Gasteiger partial charge in [-0.25, -0.2) is 4.98 Å². The van der Waals surface area contributed by atoms with Gasteiger partial charge in [-0.1, -0.05) is 12.1 Å². The van der Waals surface area contributed by atoms with E-state index in [-0.39, 0.29) is 5.91 Å². The molecule has 1 aromatic carbocycles. The smallest absolute Gasteiger partial charge is 0.260 e. The summed E-state index contributed by atoms with van der Waals surface area (Å²) in [7, 11) is 1.86. The number of aryl methyl sites for hydroxylation is 1. The largest absolute Gasteiger partial charge is 0.378 e. The summed E-state index contributed by atoms with van der Waals surface area (Å²) in [5, 5.41) is 8.27. The highest BCUT2D eigenvalue weighted by Gasteiger charge is 2.21. The fourth-order valence-corrected chi connectivity index (χ4v) is 3.08. The third kappa shape index (κ3) is 2.94. The molecule has 0 radical (unpaired) electrons. The Bertz CT molecular complexity index is 915. The van der Waals surface area contributed by atoms with Crippen LogP contribution < -0.4 is 10.2 Å². The van der Waals surface area contributed by atoms with Crippen LogP contribution in [0.5, 0.6) is 0 Å². The lowest BCUT2D eigenvalue weighted by atomic mass is 10.2. The molecule has 7 heteroatoms. The molecule has 0 aliphatic carbocycles. The van der Waals surface area contributed by atoms with Crippen LogP contribution in [0.15, 0.2) is 42.6 Å². The Balaban J connectivity index is 1.65. The molecule has 1 N–H and O–H groups in total. The minimum absolute atomic E-state index is 0.210. The maximum absolute atomic E-state index is 12.9. The summed E-state index contributed by atoms with van der Waals surface area (Å²) in [5.74, 6) is 1.03. The Morgan fingerprint density at radius 1 is 1.16 bits per heavy atom. The number of carbonyl (C=O) groups excluding carboxylic acids is 1. The first-order valence-electron chi connectivity index (χ1n) is 8.25. The van der Waals surface area contributed by atoms with E-state index in [1.807, 2.05) is 31.3 Å². The predicted molar refractivity (Wildman–Crippen MR) is 95.9 cm³/mol. The van der Waals surface area contributed by atoms with E-state index in [1.165, 1.54) is 0 Å². The average molecular weight is 337 g/mol. The first kappa shape index (κ1) is 15.6. The third-order valence-electron chi connectivity index (χ3n) is 4.33. The normalized spacial score (nSPS) is 14.7. The summed E-state index contributed by atoms with van der Waals surface area (Å²) < 4.78 is 7.15. The average Bonchev–Trinajstić information content (AvgIpc) is 2.98. The molecule has 0 saturated carbocycles. The van der Waals surface area contributed by atoms with E-state index in [0.29, 0.717) is 30.4 Å². The molecule has 1 aliphatic rings. The fourth-order valence-electron chi connectivity index (χ4n) is 3.08. The minimum Gasteiger partial charge on any atom is -0.378 e. The zero-order valence-corrected chi connectivity index (χ0v) is 14.0. The summed E-state index contributed by atoms with van der Waals surface area (Å²) in [6, 6.07) is 11.4. The van der Waals surface area contributed by atoms with Crippen LogP contribution in [0.2, 0.25) is 0 Å². The van der Waals surface area contributed by atoms with Crippen LogP contribution in [-0.4, -0.2) is 47.0 Å². The molecule has 0 unspecified atom stereocenters. The molecule has 1 fully saturated rings. The second-order valence-corrected chi connectivity index (χ2v) is 5.92. The highest BCUT2D eigenvalue weighted by atomic mass is 16.5. The van der Waals surface area contributed by atoms with Crippen molar-refractivity contribution in [3.8, 4) is 0 Å². The molecule has 3 heterocycles. The number of fused-ring (bicyclic) bond motifs is 1. The van der Waals surface area contributed by atoms with Crippen LogP contribution in [0.1, 0.15) is 10.4 Å². The maximum Gasteiger partial charge on any atom is 0.260 e. The minimum atomic E-state index is -0.210. The molecule has 1 amide bonds. The second kappa shape index (κ2) is 6.52. The van der Waals surface area contributed by atoms with E-state index in [4.69, 9.17) is 4.74 Å². The van der Waals surface area contributed by atoms with Gasteiger partial charge in [0.15, 0.2) is 5.82 Å². The van der Waals surface area contributed by atoms with Crippen molar-refractivity contribution in [3.63, 3.8) is 0 Å². The van der Waals surface area contributed by atoms with Gasteiger partial charge in [-0.05, 0) is 24.3 Å². The van der Waals surface area contributed by atoms with Crippen LogP contribution in [0.25, 0.3) is 10.9 Å². The Kier molecular flexibility index (Phi) is 4.07. The zero-order chi connectivity index (χ0) is 17.2. The molecule has 0 atom stereocenters. The van der Waals surface area contributed by atoms with E-state index < -0.39 is 0 Å². The van der Waals surface area contributed by atoms with E-state index in [9.17, 15) is 4.79 Å².